The molecule has 2 heteroatoms. The van der Waals surface area contributed by atoms with Crippen LogP contribution in [0.1, 0.15) is 123 Å². The minimum atomic E-state index is 0.571. The van der Waals surface area contributed by atoms with Gasteiger partial charge < -0.3 is 5.32 Å². The summed E-state index contributed by atoms with van der Waals surface area (Å²) in [4.78, 5) is 2.65. The van der Waals surface area contributed by atoms with Crippen LogP contribution in [0.2, 0.25) is 0 Å². The molecule has 5 aliphatic carbocycles. The number of nitrogens with zero attached hydrogens (tertiary/aromatic N) is 1. The molecule has 2 heterocycles. The lowest BCUT2D eigenvalue weighted by molar-refractivity contribution is 0.180. The van der Waals surface area contributed by atoms with Crippen LogP contribution in [0.5, 0.6) is 0 Å². The van der Waals surface area contributed by atoms with Crippen LogP contribution in [0.25, 0.3) is 11.1 Å². The van der Waals surface area contributed by atoms with Gasteiger partial charge in [-0.2, -0.15) is 0 Å². The minimum absolute atomic E-state index is 0.571. The SMILES string of the molecule is CCCC1=C(NC/C(=C\C=C(/C)C2=c3ccccc3=C([C@@H]3CC=CC(C4CN5CC45)C3)CC2)[C@H]2C=CCCC2C2CCCCC2)CCCC1. The van der Waals surface area contributed by atoms with Crippen LogP contribution in [0.4, 0.5) is 0 Å². The van der Waals surface area contributed by atoms with Gasteiger partial charge in [0.25, 0.3) is 0 Å². The molecule has 2 aliphatic heterocycles. The van der Waals surface area contributed by atoms with Crippen molar-refractivity contribution >= 4 is 11.1 Å². The van der Waals surface area contributed by atoms with Crippen molar-refractivity contribution < 1.29 is 0 Å². The fraction of sp³-hybridized carbons (Fsp3) is 0.617. The third-order valence-electron chi connectivity index (χ3n) is 14.2. The Balaban J connectivity index is 1.10. The second kappa shape index (κ2) is 15.3. The molecule has 7 atom stereocenters. The first-order chi connectivity index (χ1) is 24.2. The maximum atomic E-state index is 4.09. The molecule has 1 N–H and O–H groups in total. The Morgan fingerprint density at radius 2 is 1.71 bits per heavy atom. The number of hydrogen-bond acceptors (Lipinski definition) is 2. The monoisotopic (exact) mass is 657 g/mol. The maximum Gasteiger partial charge on any atom is 0.0366 e. The third kappa shape index (κ3) is 7.28. The number of rotatable bonds is 11. The number of benzene rings is 1. The quantitative estimate of drug-likeness (QED) is 0.145. The first-order valence-electron chi connectivity index (χ1n) is 20.9. The molecule has 3 fully saturated rings. The number of hydrogen-bond donors (Lipinski definition) is 1. The molecule has 8 rings (SSSR count). The maximum absolute atomic E-state index is 4.09. The van der Waals surface area contributed by atoms with Crippen molar-refractivity contribution in [2.24, 2.45) is 35.5 Å². The van der Waals surface area contributed by atoms with Crippen LogP contribution in [0, 0.1) is 35.5 Å². The highest BCUT2D eigenvalue weighted by molar-refractivity contribution is 5.69. The normalized spacial score (nSPS) is 33.6. The summed E-state index contributed by atoms with van der Waals surface area (Å²) in [6.45, 7) is 8.48. The van der Waals surface area contributed by atoms with Crippen molar-refractivity contribution in [3.8, 4) is 0 Å². The summed E-state index contributed by atoms with van der Waals surface area (Å²) in [5, 5.41) is 7.17. The van der Waals surface area contributed by atoms with E-state index < -0.39 is 0 Å². The summed E-state index contributed by atoms with van der Waals surface area (Å²) in [6.07, 6.45) is 38.0. The zero-order valence-electron chi connectivity index (χ0n) is 30.9. The Morgan fingerprint density at radius 1 is 0.857 bits per heavy atom. The van der Waals surface area contributed by atoms with Gasteiger partial charge in [0.2, 0.25) is 0 Å². The summed E-state index contributed by atoms with van der Waals surface area (Å²) in [5.74, 6) is 4.71. The van der Waals surface area contributed by atoms with Crippen LogP contribution >= 0.6 is 0 Å². The van der Waals surface area contributed by atoms with E-state index in [-0.39, 0.29) is 0 Å². The van der Waals surface area contributed by atoms with Gasteiger partial charge in [-0.05, 0) is 134 Å². The first-order valence-corrected chi connectivity index (χ1v) is 20.9. The highest BCUT2D eigenvalue weighted by Gasteiger charge is 2.53. The fourth-order valence-corrected chi connectivity index (χ4v) is 11.3. The lowest BCUT2D eigenvalue weighted by atomic mass is 9.68. The van der Waals surface area contributed by atoms with Gasteiger partial charge in [-0.1, -0.05) is 117 Å². The van der Waals surface area contributed by atoms with E-state index in [1.807, 2.05) is 0 Å². The smallest absolute Gasteiger partial charge is 0.0366 e. The summed E-state index contributed by atoms with van der Waals surface area (Å²) in [6, 6.07) is 10.4. The Kier molecular flexibility index (Phi) is 10.5. The van der Waals surface area contributed by atoms with E-state index in [2.05, 4.69) is 84.8 Å². The lowest BCUT2D eigenvalue weighted by Crippen LogP contribution is -2.40. The average molecular weight is 657 g/mol. The molecule has 2 saturated heterocycles. The van der Waals surface area contributed by atoms with Gasteiger partial charge in [0.1, 0.15) is 0 Å². The Morgan fingerprint density at radius 3 is 2.53 bits per heavy atom. The van der Waals surface area contributed by atoms with Crippen LogP contribution < -0.4 is 15.8 Å². The molecule has 262 valence electrons. The number of allylic oxidation sites excluding steroid dienone is 9. The first kappa shape index (κ1) is 33.6. The molecule has 0 spiro atoms. The van der Waals surface area contributed by atoms with Crippen LogP contribution in [0.15, 0.2) is 83.1 Å². The van der Waals surface area contributed by atoms with Crippen molar-refractivity contribution in [3.05, 3.63) is 93.6 Å². The molecule has 49 heavy (non-hydrogen) atoms. The summed E-state index contributed by atoms with van der Waals surface area (Å²) in [5.41, 5.74) is 9.74. The molecule has 1 aromatic carbocycles. The van der Waals surface area contributed by atoms with Crippen LogP contribution in [-0.4, -0.2) is 30.6 Å². The molecule has 0 bridgehead atoms. The highest BCUT2D eigenvalue weighted by Crippen LogP contribution is 2.47. The number of nitrogens with one attached hydrogen (secondary N) is 1. The predicted octanol–water partition coefficient (Wildman–Crippen LogP) is 9.93. The van der Waals surface area contributed by atoms with E-state index in [9.17, 15) is 0 Å². The molecular formula is C47H64N2. The van der Waals surface area contributed by atoms with Crippen LogP contribution in [0.3, 0.4) is 0 Å². The van der Waals surface area contributed by atoms with Gasteiger partial charge in [-0.3, -0.25) is 4.90 Å². The van der Waals surface area contributed by atoms with E-state index in [4.69, 9.17) is 0 Å². The second-order valence-corrected chi connectivity index (χ2v) is 17.1. The van der Waals surface area contributed by atoms with Gasteiger partial charge in [0.15, 0.2) is 0 Å². The van der Waals surface area contributed by atoms with Gasteiger partial charge in [-0.25, -0.2) is 0 Å². The standard InChI is InChI=1S/C47H64N2/c1-3-14-35-17-7-12-24-46(35)48-30-38(41-21-9-8-20-40(41)34-15-5-4-6-16-34)26-25-33(2)39-27-28-42(44-23-11-10-22-43(39)44)36-18-13-19-37(29-36)45-31-49-32-47(45)49/h9-11,13,19,21-23,25-26,34,36-37,40-41,45,47-48H,3-8,12,14-18,20,24,27-32H2,1-2H3/b33-25+,38-26+/t36-,37?,40?,41-,45?,47?,49?/m1/s1. The van der Waals surface area contributed by atoms with Gasteiger partial charge in [0, 0.05) is 37.3 Å². The summed E-state index contributed by atoms with van der Waals surface area (Å²) in [7, 11) is 0. The summed E-state index contributed by atoms with van der Waals surface area (Å²) >= 11 is 0. The molecule has 1 saturated carbocycles. The molecule has 0 radical (unpaired) electrons. The third-order valence-corrected chi connectivity index (χ3v) is 14.2. The number of fused-ring (bicyclic) bond motifs is 2. The van der Waals surface area contributed by atoms with E-state index in [0.717, 1.165) is 36.3 Å². The van der Waals surface area contributed by atoms with E-state index in [0.29, 0.717) is 11.8 Å². The Bertz CT molecular complexity index is 1630. The molecule has 2 nitrogen and oxygen atoms in total. The van der Waals surface area contributed by atoms with Crippen LogP contribution in [-0.2, 0) is 0 Å². The van der Waals surface area contributed by atoms with E-state index >= 15 is 0 Å². The molecule has 0 aromatic heterocycles. The predicted molar refractivity (Wildman–Crippen MR) is 208 cm³/mol. The lowest BCUT2D eigenvalue weighted by Gasteiger charge is -2.38. The van der Waals surface area contributed by atoms with Crippen molar-refractivity contribution in [1.82, 2.24) is 10.2 Å². The topological polar surface area (TPSA) is 15.0 Å². The Hall–Kier alpha value is -2.58. The second-order valence-electron chi connectivity index (χ2n) is 17.1. The molecule has 5 unspecified atom stereocenters. The molecule has 0 amide bonds. The van der Waals surface area contributed by atoms with Crippen molar-refractivity contribution in [3.63, 3.8) is 0 Å². The minimum Gasteiger partial charge on any atom is -0.385 e. The highest BCUT2D eigenvalue weighted by atomic mass is 15.4. The zero-order valence-corrected chi connectivity index (χ0v) is 30.9. The largest absolute Gasteiger partial charge is 0.385 e. The van der Waals surface area contributed by atoms with Crippen molar-refractivity contribution in [1.29, 1.82) is 0 Å². The van der Waals surface area contributed by atoms with Gasteiger partial charge in [-0.15, -0.1) is 0 Å². The van der Waals surface area contributed by atoms with Gasteiger partial charge >= 0.3 is 0 Å². The van der Waals surface area contributed by atoms with Gasteiger partial charge in [0.05, 0.1) is 0 Å². The van der Waals surface area contributed by atoms with E-state index in [1.54, 1.807) is 33.2 Å². The molecule has 1 aromatic rings. The molecule has 7 aliphatic rings. The zero-order chi connectivity index (χ0) is 33.2. The van der Waals surface area contributed by atoms with Crippen molar-refractivity contribution in [2.45, 2.75) is 129 Å². The fourth-order valence-electron chi connectivity index (χ4n) is 11.3. The summed E-state index contributed by atoms with van der Waals surface area (Å²) < 4.78 is 0. The van der Waals surface area contributed by atoms with Crippen molar-refractivity contribution in [2.75, 3.05) is 19.6 Å². The molecular weight excluding hydrogens is 593 g/mol. The average Bonchev–Trinajstić information content (AvgIpc) is 3.80. The Labute approximate surface area is 298 Å². The van der Waals surface area contributed by atoms with E-state index in [1.165, 1.54) is 133 Å².